The highest BCUT2D eigenvalue weighted by molar-refractivity contribution is 5.75. The Balaban J connectivity index is 3.41. The van der Waals surface area contributed by atoms with Gasteiger partial charge in [0.2, 0.25) is 0 Å². The summed E-state index contributed by atoms with van der Waals surface area (Å²) in [6.45, 7) is 1.86. The van der Waals surface area contributed by atoms with E-state index in [1.165, 1.54) is 6.07 Å². The first-order valence-electron chi connectivity index (χ1n) is 5.34. The maximum Gasteiger partial charge on any atom is 0.281 e. The fourth-order valence-corrected chi connectivity index (χ4v) is 1.55. The summed E-state index contributed by atoms with van der Waals surface area (Å²) in [7, 11) is 0. The molecule has 0 saturated carbocycles. The van der Waals surface area contributed by atoms with Crippen LogP contribution in [0.25, 0.3) is 5.70 Å². The number of nitro groups is 1. The molecule has 1 aromatic rings. The van der Waals surface area contributed by atoms with Crippen LogP contribution in [0.15, 0.2) is 23.8 Å². The van der Waals surface area contributed by atoms with Crippen molar-refractivity contribution in [3.63, 3.8) is 0 Å². The van der Waals surface area contributed by atoms with Crippen LogP contribution in [0.2, 0.25) is 0 Å². The third-order valence-corrected chi connectivity index (χ3v) is 2.41. The molecule has 5 nitrogen and oxygen atoms in total. The van der Waals surface area contributed by atoms with Crippen molar-refractivity contribution in [2.24, 2.45) is 5.73 Å². The second-order valence-electron chi connectivity index (χ2n) is 3.67. The van der Waals surface area contributed by atoms with Crippen molar-refractivity contribution in [1.29, 1.82) is 5.26 Å². The van der Waals surface area contributed by atoms with Crippen LogP contribution in [0.4, 0.5) is 10.1 Å². The molecule has 0 saturated heterocycles. The molecule has 0 heterocycles. The topological polar surface area (TPSA) is 93.0 Å². The number of hydrogen-bond donors (Lipinski definition) is 1. The molecule has 94 valence electrons. The zero-order chi connectivity index (χ0) is 13.7. The van der Waals surface area contributed by atoms with Gasteiger partial charge in [-0.2, -0.15) is 5.26 Å². The number of allylic oxidation sites excluding steroid dienone is 1. The lowest BCUT2D eigenvalue weighted by Gasteiger charge is -2.06. The molecule has 0 atom stereocenters. The van der Waals surface area contributed by atoms with E-state index in [1.807, 2.05) is 13.0 Å². The first-order valence-corrected chi connectivity index (χ1v) is 5.34. The Bertz CT molecular complexity index is 547. The van der Waals surface area contributed by atoms with Gasteiger partial charge in [0.15, 0.2) is 0 Å². The third-order valence-electron chi connectivity index (χ3n) is 2.41. The summed E-state index contributed by atoms with van der Waals surface area (Å²) in [6.07, 6.45) is 1.12. The average Bonchev–Trinajstić information content (AvgIpc) is 2.35. The molecule has 1 aromatic carbocycles. The van der Waals surface area contributed by atoms with Crippen LogP contribution in [-0.2, 0) is 0 Å². The normalized spacial score (nSPS) is 11.6. The summed E-state index contributed by atoms with van der Waals surface area (Å²) in [4.78, 5) is 10.1. The van der Waals surface area contributed by atoms with E-state index in [9.17, 15) is 14.5 Å². The van der Waals surface area contributed by atoms with Crippen LogP contribution in [0, 0.1) is 27.3 Å². The summed E-state index contributed by atoms with van der Waals surface area (Å²) in [6, 6.07) is 5.01. The van der Waals surface area contributed by atoms with Crippen LogP contribution >= 0.6 is 0 Å². The minimum atomic E-state index is -0.716. The first-order chi connectivity index (χ1) is 8.51. The van der Waals surface area contributed by atoms with Crippen molar-refractivity contribution in [1.82, 2.24) is 0 Å². The lowest BCUT2D eigenvalue weighted by atomic mass is 10.0. The number of nitriles is 1. The number of nitrogens with zero attached hydrogens (tertiary/aromatic N) is 2. The minimum Gasteiger partial charge on any atom is -0.397 e. The number of benzene rings is 1. The van der Waals surface area contributed by atoms with E-state index >= 15 is 0 Å². The Morgan fingerprint density at radius 3 is 2.78 bits per heavy atom. The summed E-state index contributed by atoms with van der Waals surface area (Å²) in [5.74, 6) is -0.716. The van der Waals surface area contributed by atoms with Gasteiger partial charge in [-0.3, -0.25) is 10.1 Å². The molecule has 0 aliphatic rings. The maximum absolute atomic E-state index is 13.0. The monoisotopic (exact) mass is 249 g/mol. The third kappa shape index (κ3) is 2.83. The molecule has 1 rings (SSSR count). The second kappa shape index (κ2) is 5.77. The van der Waals surface area contributed by atoms with E-state index in [0.29, 0.717) is 12.8 Å². The Hall–Kier alpha value is -2.42. The fraction of sp³-hybridized carbons (Fsp3) is 0.250. The van der Waals surface area contributed by atoms with Gasteiger partial charge in [0.05, 0.1) is 33.9 Å². The summed E-state index contributed by atoms with van der Waals surface area (Å²) < 4.78 is 13.0. The van der Waals surface area contributed by atoms with Gasteiger partial charge in [0.1, 0.15) is 5.82 Å². The van der Waals surface area contributed by atoms with Gasteiger partial charge in [0, 0.05) is 0 Å². The van der Waals surface area contributed by atoms with Gasteiger partial charge in [-0.25, -0.2) is 4.39 Å². The number of halogens is 1. The molecule has 0 amide bonds. The predicted molar refractivity (Wildman–Crippen MR) is 64.7 cm³/mol. The molecule has 0 spiro atoms. The molecule has 0 aliphatic carbocycles. The highest BCUT2D eigenvalue weighted by Gasteiger charge is 2.18. The number of nitrogens with two attached hydrogens (primary N) is 1. The molecule has 0 bridgehead atoms. The molecular weight excluding hydrogens is 237 g/mol. The Morgan fingerprint density at radius 1 is 1.61 bits per heavy atom. The van der Waals surface area contributed by atoms with Gasteiger partial charge in [-0.15, -0.1) is 0 Å². The van der Waals surface area contributed by atoms with Crippen molar-refractivity contribution in [2.75, 3.05) is 0 Å². The lowest BCUT2D eigenvalue weighted by molar-refractivity contribution is -0.385. The van der Waals surface area contributed by atoms with E-state index < -0.39 is 16.4 Å². The van der Waals surface area contributed by atoms with Crippen molar-refractivity contribution in [3.8, 4) is 6.07 Å². The van der Waals surface area contributed by atoms with Crippen molar-refractivity contribution >= 4 is 11.4 Å². The number of nitro benzene ring substituents is 1. The summed E-state index contributed by atoms with van der Waals surface area (Å²) in [5.41, 5.74) is 5.70. The predicted octanol–water partition coefficient (Wildman–Crippen LogP) is 2.73. The van der Waals surface area contributed by atoms with Gasteiger partial charge in [-0.1, -0.05) is 13.3 Å². The molecule has 2 N–H and O–H groups in total. The SMILES string of the molecule is CCC/C(C#N)=C(/N)c1ccc(F)cc1[N+](=O)[O-]. The second-order valence-corrected chi connectivity index (χ2v) is 3.67. The average molecular weight is 249 g/mol. The highest BCUT2D eigenvalue weighted by Crippen LogP contribution is 2.27. The Morgan fingerprint density at radius 2 is 2.28 bits per heavy atom. The zero-order valence-corrected chi connectivity index (χ0v) is 9.81. The van der Waals surface area contributed by atoms with Crippen LogP contribution in [0.1, 0.15) is 25.3 Å². The molecular formula is C12H12FN3O2. The molecule has 18 heavy (non-hydrogen) atoms. The van der Waals surface area contributed by atoms with E-state index in [1.54, 1.807) is 0 Å². The van der Waals surface area contributed by atoms with Gasteiger partial charge in [-0.05, 0) is 18.6 Å². The van der Waals surface area contributed by atoms with Crippen molar-refractivity contribution < 1.29 is 9.31 Å². The van der Waals surface area contributed by atoms with Crippen LogP contribution in [-0.4, -0.2) is 4.92 Å². The first kappa shape index (κ1) is 13.6. The van der Waals surface area contributed by atoms with E-state index in [0.717, 1.165) is 12.1 Å². The molecule has 0 aromatic heterocycles. The fourth-order valence-electron chi connectivity index (χ4n) is 1.55. The Labute approximate surface area is 103 Å². The van der Waals surface area contributed by atoms with E-state index in [-0.39, 0.29) is 16.8 Å². The van der Waals surface area contributed by atoms with E-state index in [2.05, 4.69) is 0 Å². The highest BCUT2D eigenvalue weighted by atomic mass is 19.1. The number of hydrogen-bond acceptors (Lipinski definition) is 4. The lowest BCUT2D eigenvalue weighted by Crippen LogP contribution is -2.05. The minimum absolute atomic E-state index is 0.0334. The van der Waals surface area contributed by atoms with Crippen LogP contribution in [0.3, 0.4) is 0 Å². The van der Waals surface area contributed by atoms with E-state index in [4.69, 9.17) is 11.0 Å². The van der Waals surface area contributed by atoms with Crippen LogP contribution in [0.5, 0.6) is 0 Å². The number of rotatable bonds is 4. The quantitative estimate of drug-likeness (QED) is 0.504. The summed E-state index contributed by atoms with van der Waals surface area (Å²) >= 11 is 0. The Kier molecular flexibility index (Phi) is 4.38. The maximum atomic E-state index is 13.0. The molecule has 0 radical (unpaired) electrons. The van der Waals surface area contributed by atoms with Gasteiger partial charge < -0.3 is 5.73 Å². The van der Waals surface area contributed by atoms with Crippen molar-refractivity contribution in [3.05, 3.63) is 45.3 Å². The van der Waals surface area contributed by atoms with Gasteiger partial charge >= 0.3 is 0 Å². The van der Waals surface area contributed by atoms with Crippen molar-refractivity contribution in [2.45, 2.75) is 19.8 Å². The largest absolute Gasteiger partial charge is 0.397 e. The standard InChI is InChI=1S/C12H12FN3O2/c1-2-3-8(7-14)12(15)10-5-4-9(13)6-11(10)16(17)18/h4-6H,2-3,15H2,1H3/b12-8-. The summed E-state index contributed by atoms with van der Waals surface area (Å²) in [5, 5.41) is 19.8. The molecule has 0 unspecified atom stereocenters. The molecule has 0 fully saturated rings. The zero-order valence-electron chi connectivity index (χ0n) is 9.81. The molecule has 6 heteroatoms. The van der Waals surface area contributed by atoms with Gasteiger partial charge in [0.25, 0.3) is 5.69 Å². The smallest absolute Gasteiger partial charge is 0.281 e. The van der Waals surface area contributed by atoms with Crippen LogP contribution < -0.4 is 5.73 Å². The molecule has 0 aliphatic heterocycles.